The molecule has 1 aliphatic heterocycles. The summed E-state index contributed by atoms with van der Waals surface area (Å²) in [5.41, 5.74) is 0.471. The number of carbonyl (C=O) groups is 1. The third kappa shape index (κ3) is 5.08. The summed E-state index contributed by atoms with van der Waals surface area (Å²) in [6, 6.07) is 0. The van der Waals surface area contributed by atoms with Crippen LogP contribution in [0.2, 0.25) is 0 Å². The van der Waals surface area contributed by atoms with Crippen LogP contribution in [0.4, 0.5) is 14.5 Å². The van der Waals surface area contributed by atoms with Crippen molar-refractivity contribution in [2.75, 3.05) is 18.4 Å². The van der Waals surface area contributed by atoms with E-state index in [1.807, 2.05) is 0 Å². The quantitative estimate of drug-likeness (QED) is 0.846. The molecule has 7 heteroatoms. The molecule has 2 heterocycles. The number of alkyl halides is 2. The zero-order valence-corrected chi connectivity index (χ0v) is 12.2. The summed E-state index contributed by atoms with van der Waals surface area (Å²) >= 11 is 0. The summed E-state index contributed by atoms with van der Waals surface area (Å²) in [6.45, 7) is 3.66. The number of nitrogens with zero attached hydrogens (tertiary/aromatic N) is 2. The van der Waals surface area contributed by atoms with Gasteiger partial charge in [0.2, 0.25) is 5.91 Å². The second kappa shape index (κ2) is 7.49. The maximum Gasteiger partial charge on any atom is 0.257 e. The summed E-state index contributed by atoms with van der Waals surface area (Å²) in [6.07, 6.45) is 3.02. The molecule has 21 heavy (non-hydrogen) atoms. The van der Waals surface area contributed by atoms with Gasteiger partial charge in [-0.3, -0.25) is 9.48 Å². The van der Waals surface area contributed by atoms with Crippen LogP contribution in [-0.2, 0) is 11.3 Å². The van der Waals surface area contributed by atoms with Crippen molar-refractivity contribution in [1.82, 2.24) is 15.1 Å². The number of piperidine rings is 1. The Morgan fingerprint density at radius 2 is 2.24 bits per heavy atom. The number of amides is 1. The third-order valence-electron chi connectivity index (χ3n) is 3.94. The van der Waals surface area contributed by atoms with Crippen molar-refractivity contribution in [1.29, 1.82) is 0 Å². The normalized spacial score (nSPS) is 17.9. The monoisotopic (exact) mass is 300 g/mol. The van der Waals surface area contributed by atoms with Gasteiger partial charge in [0, 0.05) is 12.6 Å². The fraction of sp³-hybridized carbons (Fsp3) is 0.714. The molecule has 0 aliphatic carbocycles. The number of aromatic nitrogens is 2. The lowest BCUT2D eigenvalue weighted by molar-refractivity contribution is -0.117. The molecular formula is C14H22F2N4O. The number of halogens is 2. The highest BCUT2D eigenvalue weighted by atomic mass is 19.3. The fourth-order valence-corrected chi connectivity index (χ4v) is 2.75. The summed E-state index contributed by atoms with van der Waals surface area (Å²) < 4.78 is 25.6. The second-order valence-corrected chi connectivity index (χ2v) is 5.66. The Kier molecular flexibility index (Phi) is 5.67. The molecule has 1 saturated heterocycles. The lowest BCUT2D eigenvalue weighted by atomic mass is 9.84. The fourth-order valence-electron chi connectivity index (χ4n) is 2.75. The topological polar surface area (TPSA) is 59.0 Å². The molecule has 0 saturated carbocycles. The Balaban J connectivity index is 1.79. The average Bonchev–Trinajstić information content (AvgIpc) is 2.85. The molecule has 118 valence electrons. The Morgan fingerprint density at radius 1 is 1.52 bits per heavy atom. The molecule has 1 fully saturated rings. The summed E-state index contributed by atoms with van der Waals surface area (Å²) in [4.78, 5) is 12.0. The van der Waals surface area contributed by atoms with E-state index in [1.165, 1.54) is 12.4 Å². The van der Waals surface area contributed by atoms with Gasteiger partial charge in [0.15, 0.2) is 0 Å². The Morgan fingerprint density at radius 3 is 2.90 bits per heavy atom. The first-order valence-electron chi connectivity index (χ1n) is 7.35. The summed E-state index contributed by atoms with van der Waals surface area (Å²) in [5.74, 6) is 0.805. The van der Waals surface area contributed by atoms with Crippen molar-refractivity contribution >= 4 is 11.6 Å². The number of carbonyl (C=O) groups excluding carboxylic acids is 1. The molecule has 0 radical (unpaired) electrons. The lowest BCUT2D eigenvalue weighted by Gasteiger charge is -2.27. The van der Waals surface area contributed by atoms with E-state index in [1.54, 1.807) is 0 Å². The van der Waals surface area contributed by atoms with E-state index in [-0.39, 0.29) is 5.91 Å². The number of hydrogen-bond donors (Lipinski definition) is 2. The van der Waals surface area contributed by atoms with Crippen molar-refractivity contribution in [3.8, 4) is 0 Å². The molecule has 1 aromatic rings. The van der Waals surface area contributed by atoms with Gasteiger partial charge in [0.1, 0.15) is 6.54 Å². The van der Waals surface area contributed by atoms with Crippen molar-refractivity contribution in [2.24, 2.45) is 11.8 Å². The number of rotatable bonds is 6. The van der Waals surface area contributed by atoms with E-state index in [2.05, 4.69) is 22.7 Å². The van der Waals surface area contributed by atoms with Gasteiger partial charge in [-0.1, -0.05) is 6.92 Å². The predicted molar refractivity (Wildman–Crippen MR) is 76.2 cm³/mol. The van der Waals surface area contributed by atoms with Crippen LogP contribution in [-0.4, -0.2) is 35.2 Å². The van der Waals surface area contributed by atoms with Gasteiger partial charge in [-0.2, -0.15) is 5.10 Å². The van der Waals surface area contributed by atoms with Crippen LogP contribution in [0.3, 0.4) is 0 Å². The smallest absolute Gasteiger partial charge is 0.257 e. The summed E-state index contributed by atoms with van der Waals surface area (Å²) in [7, 11) is 0. The Bertz CT molecular complexity index is 458. The van der Waals surface area contributed by atoms with E-state index in [9.17, 15) is 13.6 Å². The lowest BCUT2D eigenvalue weighted by Crippen LogP contribution is -2.32. The maximum atomic E-state index is 12.2. The highest BCUT2D eigenvalue weighted by Crippen LogP contribution is 2.24. The number of anilines is 1. The predicted octanol–water partition coefficient (Wildman–Crippen LogP) is 2.11. The highest BCUT2D eigenvalue weighted by molar-refractivity contribution is 5.90. The van der Waals surface area contributed by atoms with Crippen LogP contribution in [0.25, 0.3) is 0 Å². The van der Waals surface area contributed by atoms with Crippen LogP contribution >= 0.6 is 0 Å². The first-order valence-corrected chi connectivity index (χ1v) is 7.35. The largest absolute Gasteiger partial charge is 0.323 e. The molecule has 1 amide bonds. The van der Waals surface area contributed by atoms with E-state index in [0.29, 0.717) is 23.9 Å². The van der Waals surface area contributed by atoms with Crippen molar-refractivity contribution < 1.29 is 13.6 Å². The van der Waals surface area contributed by atoms with E-state index in [0.717, 1.165) is 30.6 Å². The Labute approximate surface area is 123 Å². The third-order valence-corrected chi connectivity index (χ3v) is 3.94. The molecule has 0 bridgehead atoms. The van der Waals surface area contributed by atoms with Gasteiger partial charge >= 0.3 is 0 Å². The van der Waals surface area contributed by atoms with Crippen molar-refractivity contribution in [2.45, 2.75) is 39.2 Å². The minimum absolute atomic E-state index is 0.0855. The second-order valence-electron chi connectivity index (χ2n) is 5.66. The summed E-state index contributed by atoms with van der Waals surface area (Å²) in [5, 5.41) is 9.82. The number of nitrogens with one attached hydrogen (secondary N) is 2. The van der Waals surface area contributed by atoms with Gasteiger partial charge in [-0.05, 0) is 37.8 Å². The van der Waals surface area contributed by atoms with Crippen molar-refractivity contribution in [3.63, 3.8) is 0 Å². The Hall–Kier alpha value is -1.50. The van der Waals surface area contributed by atoms with Crippen LogP contribution in [0, 0.1) is 11.8 Å². The number of hydrogen-bond acceptors (Lipinski definition) is 3. The molecule has 0 aromatic carbocycles. The standard InChI is InChI=1S/C14H22F2N4O/c1-10(11-2-4-17-5-3-11)6-14(21)19-12-7-18-20(8-12)9-13(15)16/h7-8,10-11,13,17H,2-6,9H2,1H3,(H,19,21). The van der Waals surface area contributed by atoms with Crippen LogP contribution in [0.1, 0.15) is 26.2 Å². The van der Waals surface area contributed by atoms with Crippen LogP contribution in [0.15, 0.2) is 12.4 Å². The van der Waals surface area contributed by atoms with Gasteiger partial charge < -0.3 is 10.6 Å². The average molecular weight is 300 g/mol. The maximum absolute atomic E-state index is 12.2. The van der Waals surface area contributed by atoms with Crippen LogP contribution < -0.4 is 10.6 Å². The molecule has 2 rings (SSSR count). The molecular weight excluding hydrogens is 278 g/mol. The molecule has 1 aromatic heterocycles. The van der Waals surface area contributed by atoms with Gasteiger partial charge in [0.25, 0.3) is 6.43 Å². The van der Waals surface area contributed by atoms with Crippen molar-refractivity contribution in [3.05, 3.63) is 12.4 Å². The van der Waals surface area contributed by atoms with Gasteiger partial charge in [-0.25, -0.2) is 8.78 Å². The van der Waals surface area contributed by atoms with Gasteiger partial charge in [-0.15, -0.1) is 0 Å². The zero-order valence-electron chi connectivity index (χ0n) is 12.2. The molecule has 2 N–H and O–H groups in total. The molecule has 1 aliphatic rings. The zero-order chi connectivity index (χ0) is 15.2. The van der Waals surface area contributed by atoms with Gasteiger partial charge in [0.05, 0.1) is 11.9 Å². The van der Waals surface area contributed by atoms with E-state index >= 15 is 0 Å². The first kappa shape index (κ1) is 15.9. The highest BCUT2D eigenvalue weighted by Gasteiger charge is 2.22. The molecule has 5 nitrogen and oxygen atoms in total. The first-order chi connectivity index (χ1) is 10.0. The SMILES string of the molecule is CC(CC(=O)Nc1cnn(CC(F)F)c1)C1CCNCC1. The minimum atomic E-state index is -2.45. The molecule has 1 unspecified atom stereocenters. The van der Waals surface area contributed by atoms with E-state index in [4.69, 9.17) is 0 Å². The molecule has 1 atom stereocenters. The minimum Gasteiger partial charge on any atom is -0.323 e. The van der Waals surface area contributed by atoms with E-state index < -0.39 is 13.0 Å². The van der Waals surface area contributed by atoms with Crippen LogP contribution in [0.5, 0.6) is 0 Å². The molecule has 0 spiro atoms.